The van der Waals surface area contributed by atoms with Gasteiger partial charge < -0.3 is 20.3 Å². The molecule has 184 valence electrons. The van der Waals surface area contributed by atoms with E-state index in [0.29, 0.717) is 28.5 Å². The molecule has 5 rings (SSSR count). The Morgan fingerprint density at radius 3 is 2.42 bits per heavy atom. The van der Waals surface area contributed by atoms with Crippen LogP contribution in [-0.2, 0) is 7.05 Å². The quantitative estimate of drug-likeness (QED) is 0.371. The van der Waals surface area contributed by atoms with E-state index in [1.54, 1.807) is 54.2 Å². The Hall–Kier alpha value is -4.47. The molecule has 1 saturated carbocycles. The number of carboxylic acid groups (broad SMARTS) is 1. The summed E-state index contributed by atoms with van der Waals surface area (Å²) in [5, 5.41) is 15.9. The zero-order chi connectivity index (χ0) is 25.4. The zero-order valence-electron chi connectivity index (χ0n) is 20.0. The van der Waals surface area contributed by atoms with Crippen LogP contribution in [0.5, 0.6) is 0 Å². The minimum absolute atomic E-state index is 0.0530. The van der Waals surface area contributed by atoms with Gasteiger partial charge in [0.2, 0.25) is 5.95 Å². The van der Waals surface area contributed by atoms with Crippen LogP contribution in [0.2, 0.25) is 0 Å². The molecule has 0 unspecified atom stereocenters. The van der Waals surface area contributed by atoms with Crippen molar-refractivity contribution in [3.8, 4) is 0 Å². The second kappa shape index (κ2) is 9.29. The molecule has 1 aliphatic carbocycles. The number of carbonyl (C=O) groups excluding carboxylic acids is 1. The average Bonchev–Trinajstić information content (AvgIpc) is 3.49. The fourth-order valence-electron chi connectivity index (χ4n) is 4.74. The van der Waals surface area contributed by atoms with Gasteiger partial charge in [0, 0.05) is 42.0 Å². The van der Waals surface area contributed by atoms with Crippen molar-refractivity contribution in [2.45, 2.75) is 38.6 Å². The number of aromatic carboxylic acids is 1. The summed E-state index contributed by atoms with van der Waals surface area (Å²) in [5.74, 6) is -1.05. The molecule has 1 aliphatic rings. The Bertz CT molecular complexity index is 1530. The number of hydrogen-bond acceptors (Lipinski definition) is 6. The number of hydrogen-bond donors (Lipinski definition) is 3. The van der Waals surface area contributed by atoms with Gasteiger partial charge in [-0.25, -0.2) is 9.78 Å². The fraction of sp³-hybridized carbons (Fsp3) is 0.269. The number of aryl methyl sites for hydroxylation is 2. The van der Waals surface area contributed by atoms with Crippen LogP contribution in [0.25, 0.3) is 11.0 Å². The number of rotatable bonds is 6. The van der Waals surface area contributed by atoms with E-state index in [0.717, 1.165) is 36.8 Å². The maximum Gasteiger partial charge on any atom is 0.352 e. The van der Waals surface area contributed by atoms with Crippen LogP contribution in [-0.4, -0.2) is 36.1 Å². The van der Waals surface area contributed by atoms with Gasteiger partial charge in [-0.3, -0.25) is 14.2 Å². The minimum Gasteiger partial charge on any atom is -0.477 e. The van der Waals surface area contributed by atoms with Gasteiger partial charge in [-0.15, -0.1) is 0 Å². The van der Waals surface area contributed by atoms with Crippen LogP contribution < -0.4 is 16.2 Å². The van der Waals surface area contributed by atoms with Crippen molar-refractivity contribution in [3.05, 3.63) is 76.0 Å². The number of carboxylic acids is 1. The monoisotopic (exact) mass is 486 g/mol. The summed E-state index contributed by atoms with van der Waals surface area (Å²) >= 11 is 0. The molecule has 36 heavy (non-hydrogen) atoms. The molecule has 0 atom stereocenters. The summed E-state index contributed by atoms with van der Waals surface area (Å²) in [7, 11) is 1.60. The largest absolute Gasteiger partial charge is 0.477 e. The van der Waals surface area contributed by atoms with E-state index in [2.05, 4.69) is 20.6 Å². The molecule has 1 amide bonds. The summed E-state index contributed by atoms with van der Waals surface area (Å²) in [6.07, 6.45) is 5.69. The van der Waals surface area contributed by atoms with Crippen LogP contribution >= 0.6 is 0 Å². The number of nitrogens with zero attached hydrogens (tertiary/aromatic N) is 4. The van der Waals surface area contributed by atoms with Crippen LogP contribution in [0.3, 0.4) is 0 Å². The first kappa shape index (κ1) is 23.3. The number of pyridine rings is 1. The highest BCUT2D eigenvalue weighted by Crippen LogP contribution is 2.31. The van der Waals surface area contributed by atoms with Gasteiger partial charge in [-0.1, -0.05) is 12.8 Å². The summed E-state index contributed by atoms with van der Waals surface area (Å²) in [6, 6.07) is 11.7. The topological polar surface area (TPSA) is 131 Å². The summed E-state index contributed by atoms with van der Waals surface area (Å²) in [5.41, 5.74) is 2.92. The molecule has 1 fully saturated rings. The van der Waals surface area contributed by atoms with Crippen molar-refractivity contribution in [1.82, 2.24) is 19.1 Å². The van der Waals surface area contributed by atoms with Gasteiger partial charge in [-0.05, 0) is 56.2 Å². The van der Waals surface area contributed by atoms with E-state index in [4.69, 9.17) is 0 Å². The minimum atomic E-state index is -1.07. The number of benzene rings is 1. The highest BCUT2D eigenvalue weighted by molar-refractivity contribution is 6.05. The molecule has 3 aromatic heterocycles. The summed E-state index contributed by atoms with van der Waals surface area (Å²) in [4.78, 5) is 45.8. The summed E-state index contributed by atoms with van der Waals surface area (Å²) < 4.78 is 3.23. The van der Waals surface area contributed by atoms with Crippen LogP contribution in [0, 0.1) is 6.92 Å². The van der Waals surface area contributed by atoms with E-state index in [-0.39, 0.29) is 23.2 Å². The number of nitrogens with one attached hydrogen (secondary N) is 2. The number of anilines is 3. The van der Waals surface area contributed by atoms with Gasteiger partial charge in [0.15, 0.2) is 0 Å². The predicted molar refractivity (Wildman–Crippen MR) is 136 cm³/mol. The lowest BCUT2D eigenvalue weighted by molar-refractivity contribution is 0.0686. The third-order valence-corrected chi connectivity index (χ3v) is 6.55. The van der Waals surface area contributed by atoms with Gasteiger partial charge in [0.1, 0.15) is 11.3 Å². The Kier molecular flexibility index (Phi) is 6.01. The first-order valence-corrected chi connectivity index (χ1v) is 11.8. The van der Waals surface area contributed by atoms with Gasteiger partial charge in [0.05, 0.1) is 11.4 Å². The molecule has 0 spiro atoms. The molecule has 0 saturated heterocycles. The third-order valence-electron chi connectivity index (χ3n) is 6.55. The van der Waals surface area contributed by atoms with Crippen molar-refractivity contribution in [3.63, 3.8) is 0 Å². The van der Waals surface area contributed by atoms with Crippen molar-refractivity contribution >= 4 is 40.2 Å². The van der Waals surface area contributed by atoms with Crippen LogP contribution in [0.4, 0.5) is 17.3 Å². The lowest BCUT2D eigenvalue weighted by atomic mass is 10.2. The maximum atomic E-state index is 12.7. The van der Waals surface area contributed by atoms with Crippen LogP contribution in [0.1, 0.15) is 58.3 Å². The second-order valence-corrected chi connectivity index (χ2v) is 9.04. The van der Waals surface area contributed by atoms with Crippen molar-refractivity contribution < 1.29 is 14.7 Å². The highest BCUT2D eigenvalue weighted by atomic mass is 16.4. The Balaban J connectivity index is 1.37. The first-order chi connectivity index (χ1) is 17.3. The molecule has 4 aromatic rings. The lowest BCUT2D eigenvalue weighted by Gasteiger charge is -2.17. The summed E-state index contributed by atoms with van der Waals surface area (Å²) in [6.45, 7) is 1.89. The van der Waals surface area contributed by atoms with Crippen molar-refractivity contribution in [2.24, 2.45) is 7.05 Å². The maximum absolute atomic E-state index is 12.7. The number of aromatic nitrogens is 4. The molecule has 3 heterocycles. The highest BCUT2D eigenvalue weighted by Gasteiger charge is 2.21. The normalized spacial score (nSPS) is 13.7. The van der Waals surface area contributed by atoms with Crippen LogP contribution in [0.15, 0.2) is 53.5 Å². The zero-order valence-corrected chi connectivity index (χ0v) is 20.0. The second-order valence-electron chi connectivity index (χ2n) is 9.04. The molecule has 10 nitrogen and oxygen atoms in total. The first-order valence-electron chi connectivity index (χ1n) is 11.8. The molecule has 0 bridgehead atoms. The fourth-order valence-corrected chi connectivity index (χ4v) is 4.74. The standard InChI is InChI=1S/C26H26N6O4/c1-15-20-11-12-22(33)32(19-5-3-4-6-19)23(20)30-26(27-15)29-17-9-7-16(8-10-17)24(34)28-18-13-21(25(35)36)31(2)14-18/h7-14,19H,3-6H2,1-2H3,(H,28,34)(H,35,36)(H,27,29,30). The van der Waals surface area contributed by atoms with E-state index in [1.165, 1.54) is 10.6 Å². The molecule has 3 N–H and O–H groups in total. The van der Waals surface area contributed by atoms with E-state index < -0.39 is 5.97 Å². The Labute approximate surface area is 206 Å². The Morgan fingerprint density at radius 2 is 1.75 bits per heavy atom. The number of amides is 1. The van der Waals surface area contributed by atoms with E-state index in [9.17, 15) is 19.5 Å². The molecule has 0 radical (unpaired) electrons. The molecule has 10 heteroatoms. The van der Waals surface area contributed by atoms with Gasteiger partial charge in [0.25, 0.3) is 11.5 Å². The molecule has 0 aliphatic heterocycles. The van der Waals surface area contributed by atoms with Gasteiger partial charge >= 0.3 is 5.97 Å². The Morgan fingerprint density at radius 1 is 1.03 bits per heavy atom. The van der Waals surface area contributed by atoms with Crippen molar-refractivity contribution in [1.29, 1.82) is 0 Å². The van der Waals surface area contributed by atoms with E-state index in [1.807, 2.05) is 6.92 Å². The molecule has 1 aromatic carbocycles. The molecular formula is C26H26N6O4. The van der Waals surface area contributed by atoms with E-state index >= 15 is 0 Å². The third kappa shape index (κ3) is 4.45. The SMILES string of the molecule is Cc1nc(Nc2ccc(C(=O)Nc3cc(C(=O)O)n(C)c3)cc2)nc2c1ccc(=O)n2C1CCCC1. The average molecular weight is 487 g/mol. The predicted octanol–water partition coefficient (Wildman–Crippen LogP) is 4.25. The lowest BCUT2D eigenvalue weighted by Crippen LogP contribution is -2.24. The van der Waals surface area contributed by atoms with Gasteiger partial charge in [-0.2, -0.15) is 4.98 Å². The number of fused-ring (bicyclic) bond motifs is 1. The smallest absolute Gasteiger partial charge is 0.352 e. The van der Waals surface area contributed by atoms with Crippen molar-refractivity contribution in [2.75, 3.05) is 10.6 Å². The molecular weight excluding hydrogens is 460 g/mol. The number of carbonyl (C=O) groups is 2.